The fraction of sp³-hybridized carbons (Fsp3) is 0.250. The molecule has 0 aromatic heterocycles. The minimum atomic E-state index is 0.235. The highest BCUT2D eigenvalue weighted by Crippen LogP contribution is 2.30. The van der Waals surface area contributed by atoms with E-state index in [0.717, 1.165) is 28.1 Å². The summed E-state index contributed by atoms with van der Waals surface area (Å²) < 4.78 is 5.40. The molecular weight excluding hydrogens is 274 g/mol. The molecule has 2 aromatic rings. The van der Waals surface area contributed by atoms with Gasteiger partial charge in [0.1, 0.15) is 11.5 Å². The molecule has 0 fully saturated rings. The molecule has 0 aliphatic rings. The van der Waals surface area contributed by atoms with Crippen molar-refractivity contribution in [3.8, 4) is 11.5 Å². The highest BCUT2D eigenvalue weighted by Gasteiger charge is 2.08. The van der Waals surface area contributed by atoms with E-state index in [4.69, 9.17) is 16.3 Å². The molecule has 0 spiro atoms. The second-order valence-electron chi connectivity index (χ2n) is 4.71. The molecule has 0 bridgehead atoms. The average Bonchev–Trinajstić information content (AvgIpc) is 2.42. The van der Waals surface area contributed by atoms with E-state index < -0.39 is 0 Å². The fourth-order valence-electron chi connectivity index (χ4n) is 2.22. The predicted octanol–water partition coefficient (Wildman–Crippen LogP) is 4.28. The van der Waals surface area contributed by atoms with Gasteiger partial charge >= 0.3 is 0 Å². The van der Waals surface area contributed by atoms with E-state index in [1.165, 1.54) is 0 Å². The molecule has 0 unspecified atom stereocenters. The fourth-order valence-corrected chi connectivity index (χ4v) is 2.41. The lowest BCUT2D eigenvalue weighted by molar-refractivity contribution is 0.409. The van der Waals surface area contributed by atoms with Crippen molar-refractivity contribution in [1.29, 1.82) is 0 Å². The lowest BCUT2D eigenvalue weighted by Gasteiger charge is -2.15. The van der Waals surface area contributed by atoms with Crippen molar-refractivity contribution in [3.05, 3.63) is 52.0 Å². The highest BCUT2D eigenvalue weighted by molar-refractivity contribution is 6.30. The number of halogens is 1. The lowest BCUT2D eigenvalue weighted by atomic mass is 10.1. The van der Waals surface area contributed by atoms with Gasteiger partial charge in [0.15, 0.2) is 0 Å². The monoisotopic (exact) mass is 291 g/mol. The predicted molar refractivity (Wildman–Crippen MR) is 82.9 cm³/mol. The van der Waals surface area contributed by atoms with Crippen LogP contribution in [-0.2, 0) is 6.54 Å². The van der Waals surface area contributed by atoms with E-state index in [1.807, 2.05) is 26.0 Å². The van der Waals surface area contributed by atoms with Crippen molar-refractivity contribution in [1.82, 2.24) is 0 Å². The number of rotatable bonds is 4. The molecule has 0 amide bonds. The first kappa shape index (κ1) is 14.5. The molecule has 0 atom stereocenters. The quantitative estimate of drug-likeness (QED) is 0.883. The Balaban J connectivity index is 2.21. The number of aryl methyl sites for hydroxylation is 1. The van der Waals surface area contributed by atoms with Crippen LogP contribution in [0.2, 0.25) is 5.02 Å². The molecule has 0 heterocycles. The van der Waals surface area contributed by atoms with Gasteiger partial charge in [-0.05, 0) is 43.7 Å². The van der Waals surface area contributed by atoms with E-state index in [1.54, 1.807) is 25.3 Å². The third kappa shape index (κ3) is 2.99. The van der Waals surface area contributed by atoms with Crippen LogP contribution in [0.3, 0.4) is 0 Å². The normalized spacial score (nSPS) is 10.4. The Morgan fingerprint density at radius 1 is 1.20 bits per heavy atom. The number of methoxy groups -OCH3 is 1. The van der Waals surface area contributed by atoms with Crippen molar-refractivity contribution in [3.63, 3.8) is 0 Å². The van der Waals surface area contributed by atoms with E-state index in [9.17, 15) is 5.11 Å². The molecule has 0 aliphatic carbocycles. The first-order chi connectivity index (χ1) is 9.52. The molecule has 2 aromatic carbocycles. The number of benzene rings is 2. The standard InChI is InChI=1S/C16H18ClNO2/c1-10-4-6-14(11(2)16(10)20-3)18-9-12-8-13(17)5-7-15(12)19/h4-8,18-19H,9H2,1-3H3. The van der Waals surface area contributed by atoms with Gasteiger partial charge in [-0.15, -0.1) is 0 Å². The number of hydrogen-bond acceptors (Lipinski definition) is 3. The van der Waals surface area contributed by atoms with Crippen LogP contribution < -0.4 is 10.1 Å². The van der Waals surface area contributed by atoms with Crippen LogP contribution in [0.25, 0.3) is 0 Å². The first-order valence-electron chi connectivity index (χ1n) is 6.38. The maximum Gasteiger partial charge on any atom is 0.126 e. The second-order valence-corrected chi connectivity index (χ2v) is 5.15. The molecule has 0 aliphatic heterocycles. The third-order valence-corrected chi connectivity index (χ3v) is 3.55. The molecule has 106 valence electrons. The van der Waals surface area contributed by atoms with Crippen LogP contribution >= 0.6 is 11.6 Å². The molecular formula is C16H18ClNO2. The number of phenols is 1. The maximum atomic E-state index is 9.80. The van der Waals surface area contributed by atoms with Crippen molar-refractivity contribution < 1.29 is 9.84 Å². The topological polar surface area (TPSA) is 41.5 Å². The average molecular weight is 292 g/mol. The maximum absolute atomic E-state index is 9.80. The summed E-state index contributed by atoms with van der Waals surface area (Å²) in [6.45, 7) is 4.52. The Bertz CT molecular complexity index is 626. The number of ether oxygens (including phenoxy) is 1. The number of aromatic hydroxyl groups is 1. The van der Waals surface area contributed by atoms with E-state index >= 15 is 0 Å². The zero-order valence-corrected chi connectivity index (χ0v) is 12.6. The van der Waals surface area contributed by atoms with E-state index in [-0.39, 0.29) is 5.75 Å². The molecule has 0 saturated carbocycles. The summed E-state index contributed by atoms with van der Waals surface area (Å²) in [5.74, 6) is 1.11. The molecule has 0 saturated heterocycles. The number of phenolic OH excluding ortho intramolecular Hbond substituents is 1. The minimum absolute atomic E-state index is 0.235. The van der Waals surface area contributed by atoms with Crippen molar-refractivity contribution in [2.75, 3.05) is 12.4 Å². The zero-order valence-electron chi connectivity index (χ0n) is 11.8. The summed E-state index contributed by atoms with van der Waals surface area (Å²) in [5, 5.41) is 13.7. The van der Waals surface area contributed by atoms with Crippen LogP contribution in [0.1, 0.15) is 16.7 Å². The number of nitrogens with one attached hydrogen (secondary N) is 1. The van der Waals surface area contributed by atoms with Gasteiger partial charge in [-0.3, -0.25) is 0 Å². The SMILES string of the molecule is COc1c(C)ccc(NCc2cc(Cl)ccc2O)c1C. The van der Waals surface area contributed by atoms with Crippen LogP contribution in [0, 0.1) is 13.8 Å². The lowest BCUT2D eigenvalue weighted by Crippen LogP contribution is -2.03. The number of anilines is 1. The van der Waals surface area contributed by atoms with Gasteiger partial charge in [0.05, 0.1) is 7.11 Å². The Hall–Kier alpha value is -1.87. The van der Waals surface area contributed by atoms with Gasteiger partial charge in [0.25, 0.3) is 0 Å². The molecule has 0 radical (unpaired) electrons. The van der Waals surface area contributed by atoms with E-state index in [0.29, 0.717) is 11.6 Å². The Morgan fingerprint density at radius 3 is 2.65 bits per heavy atom. The largest absolute Gasteiger partial charge is 0.508 e. The van der Waals surface area contributed by atoms with Crippen LogP contribution in [0.15, 0.2) is 30.3 Å². The Labute approximate surface area is 124 Å². The molecule has 20 heavy (non-hydrogen) atoms. The molecule has 4 heteroatoms. The van der Waals surface area contributed by atoms with Gasteiger partial charge in [0.2, 0.25) is 0 Å². The summed E-state index contributed by atoms with van der Waals surface area (Å²) in [4.78, 5) is 0. The third-order valence-electron chi connectivity index (χ3n) is 3.32. The van der Waals surface area contributed by atoms with Crippen molar-refractivity contribution >= 4 is 17.3 Å². The van der Waals surface area contributed by atoms with Gasteiger partial charge in [-0.2, -0.15) is 0 Å². The summed E-state index contributed by atoms with van der Waals surface area (Å²) in [6, 6.07) is 9.04. The molecule has 2 rings (SSSR count). The van der Waals surface area contributed by atoms with Crippen LogP contribution in [0.5, 0.6) is 11.5 Å². The van der Waals surface area contributed by atoms with Gasteiger partial charge < -0.3 is 15.2 Å². The Kier molecular flexibility index (Phi) is 4.40. The summed E-state index contributed by atoms with van der Waals surface area (Å²) in [6.07, 6.45) is 0. The summed E-state index contributed by atoms with van der Waals surface area (Å²) in [5.41, 5.74) is 3.89. The Morgan fingerprint density at radius 2 is 1.95 bits per heavy atom. The summed E-state index contributed by atoms with van der Waals surface area (Å²) >= 11 is 5.94. The molecule has 2 N–H and O–H groups in total. The van der Waals surface area contributed by atoms with Crippen molar-refractivity contribution in [2.45, 2.75) is 20.4 Å². The smallest absolute Gasteiger partial charge is 0.126 e. The van der Waals surface area contributed by atoms with Crippen molar-refractivity contribution in [2.24, 2.45) is 0 Å². The first-order valence-corrected chi connectivity index (χ1v) is 6.76. The second kappa shape index (κ2) is 6.06. The van der Waals surface area contributed by atoms with Gasteiger partial charge in [-0.25, -0.2) is 0 Å². The number of hydrogen-bond donors (Lipinski definition) is 2. The molecule has 3 nitrogen and oxygen atoms in total. The van der Waals surface area contributed by atoms with Crippen LogP contribution in [-0.4, -0.2) is 12.2 Å². The summed E-state index contributed by atoms with van der Waals surface area (Å²) in [7, 11) is 1.67. The highest BCUT2D eigenvalue weighted by atomic mass is 35.5. The van der Waals surface area contributed by atoms with E-state index in [2.05, 4.69) is 5.32 Å². The van der Waals surface area contributed by atoms with Gasteiger partial charge in [-0.1, -0.05) is 17.7 Å². The zero-order chi connectivity index (χ0) is 14.7. The van der Waals surface area contributed by atoms with Gasteiger partial charge in [0, 0.05) is 28.4 Å². The minimum Gasteiger partial charge on any atom is -0.508 e. The van der Waals surface area contributed by atoms with Crippen LogP contribution in [0.4, 0.5) is 5.69 Å².